The maximum absolute atomic E-state index is 11.9. The van der Waals surface area contributed by atoms with Crippen LogP contribution in [-0.4, -0.2) is 23.8 Å². The quantitative estimate of drug-likeness (QED) is 0.355. The molecule has 0 saturated heterocycles. The number of ether oxygens (including phenoxy) is 1. The Morgan fingerprint density at radius 3 is 2.72 bits per heavy atom. The largest absolute Gasteiger partial charge is 0.506 e. The molecule has 0 aliphatic carbocycles. The smallest absolute Gasteiger partial charge is 0.277 e. The molecule has 2 N–H and O–H groups in total. The highest BCUT2D eigenvalue weighted by molar-refractivity contribution is 14.1. The first-order valence-electron chi connectivity index (χ1n) is 7.49. The van der Waals surface area contributed by atoms with Crippen molar-refractivity contribution in [3.05, 3.63) is 54.6 Å². The molecule has 0 radical (unpaired) electrons. The number of phenols is 1. The van der Waals surface area contributed by atoms with E-state index in [1.165, 1.54) is 6.21 Å². The fraction of sp³-hybridized carbons (Fsp3) is 0.222. The molecule has 0 saturated carbocycles. The molecule has 0 aliphatic rings. The molecule has 0 heterocycles. The molecule has 0 unspecified atom stereocenters. The average molecular weight is 517 g/mol. The minimum absolute atomic E-state index is 0.115. The van der Waals surface area contributed by atoms with E-state index >= 15 is 0 Å². The van der Waals surface area contributed by atoms with Crippen molar-refractivity contribution in [1.82, 2.24) is 5.43 Å². The lowest BCUT2D eigenvalue weighted by Crippen LogP contribution is -2.25. The Morgan fingerprint density at radius 2 is 2.00 bits per heavy atom. The second kappa shape index (κ2) is 8.66. The zero-order chi connectivity index (χ0) is 18.6. The van der Waals surface area contributed by atoms with Crippen LogP contribution in [-0.2, 0) is 4.79 Å². The number of amides is 1. The van der Waals surface area contributed by atoms with Crippen molar-refractivity contribution in [3.8, 4) is 11.5 Å². The van der Waals surface area contributed by atoms with E-state index in [1.54, 1.807) is 12.1 Å². The molecule has 2 rings (SSSR count). The number of benzene rings is 2. The van der Waals surface area contributed by atoms with Crippen molar-refractivity contribution >= 4 is 50.6 Å². The number of hydrogen-bond acceptors (Lipinski definition) is 4. The van der Waals surface area contributed by atoms with E-state index in [0.717, 1.165) is 26.9 Å². The minimum atomic E-state index is -0.374. The number of carbonyl (C=O) groups is 1. The fourth-order valence-electron chi connectivity index (χ4n) is 2.18. The molecule has 25 heavy (non-hydrogen) atoms. The monoisotopic (exact) mass is 516 g/mol. The van der Waals surface area contributed by atoms with Gasteiger partial charge in [-0.15, -0.1) is 0 Å². The third-order valence-electron chi connectivity index (χ3n) is 3.67. The van der Waals surface area contributed by atoms with E-state index < -0.39 is 0 Å². The summed E-state index contributed by atoms with van der Waals surface area (Å²) < 4.78 is 7.14. The molecule has 132 valence electrons. The van der Waals surface area contributed by atoms with Gasteiger partial charge in [0.25, 0.3) is 5.91 Å². The predicted octanol–water partition coefficient (Wildman–Crippen LogP) is 4.21. The first-order valence-corrected chi connectivity index (χ1v) is 9.36. The van der Waals surface area contributed by atoms with E-state index in [0.29, 0.717) is 9.13 Å². The molecular formula is C18H18BrIN2O3. The summed E-state index contributed by atoms with van der Waals surface area (Å²) in [6.07, 6.45) is 1.39. The Bertz CT molecular complexity index is 838. The lowest BCUT2D eigenvalue weighted by atomic mass is 10.1. The molecular weight excluding hydrogens is 499 g/mol. The Hall–Kier alpha value is -1.61. The summed E-state index contributed by atoms with van der Waals surface area (Å²) in [4.78, 5) is 11.9. The van der Waals surface area contributed by atoms with Gasteiger partial charge in [0.2, 0.25) is 0 Å². The lowest BCUT2D eigenvalue weighted by Gasteiger charge is -2.13. The number of rotatable bonds is 5. The number of nitrogens with one attached hydrogen (secondary N) is 1. The summed E-state index contributed by atoms with van der Waals surface area (Å²) in [6.45, 7) is 5.77. The molecule has 2 aromatic carbocycles. The van der Waals surface area contributed by atoms with Crippen molar-refractivity contribution in [1.29, 1.82) is 0 Å². The van der Waals surface area contributed by atoms with E-state index in [4.69, 9.17) is 4.74 Å². The first-order chi connectivity index (χ1) is 11.8. The van der Waals surface area contributed by atoms with Gasteiger partial charge in [0.05, 0.1) is 9.78 Å². The topological polar surface area (TPSA) is 70.9 Å². The third kappa shape index (κ3) is 5.18. The van der Waals surface area contributed by atoms with Gasteiger partial charge in [-0.2, -0.15) is 5.10 Å². The Balaban J connectivity index is 1.97. The summed E-state index contributed by atoms with van der Waals surface area (Å²) in [6, 6.07) is 7.48. The predicted molar refractivity (Wildman–Crippen MR) is 110 cm³/mol. The molecule has 0 aliphatic heterocycles. The maximum atomic E-state index is 11.9. The van der Waals surface area contributed by atoms with Gasteiger partial charge < -0.3 is 9.84 Å². The van der Waals surface area contributed by atoms with Gasteiger partial charge in [-0.05, 0) is 72.2 Å². The summed E-state index contributed by atoms with van der Waals surface area (Å²) in [5.41, 5.74) is 6.01. The molecule has 0 aromatic heterocycles. The van der Waals surface area contributed by atoms with Crippen LogP contribution in [0.15, 0.2) is 33.8 Å². The van der Waals surface area contributed by atoms with Crippen LogP contribution in [0.2, 0.25) is 0 Å². The third-order valence-corrected chi connectivity index (χ3v) is 4.95. The van der Waals surface area contributed by atoms with Crippen LogP contribution >= 0.6 is 38.5 Å². The number of nitrogens with zero attached hydrogens (tertiary/aromatic N) is 1. The van der Waals surface area contributed by atoms with Crippen molar-refractivity contribution < 1.29 is 14.6 Å². The highest BCUT2D eigenvalue weighted by Gasteiger charge is 2.09. The Labute approximate surface area is 168 Å². The summed E-state index contributed by atoms with van der Waals surface area (Å²) >= 11 is 5.37. The number of aryl methyl sites for hydroxylation is 2. The number of aromatic hydroxyl groups is 1. The maximum Gasteiger partial charge on any atom is 0.277 e. The van der Waals surface area contributed by atoms with Gasteiger partial charge in [-0.1, -0.05) is 28.1 Å². The summed E-state index contributed by atoms with van der Waals surface area (Å²) in [5.74, 6) is 0.461. The van der Waals surface area contributed by atoms with Crippen LogP contribution < -0.4 is 10.2 Å². The molecule has 1 amide bonds. The van der Waals surface area contributed by atoms with Crippen molar-refractivity contribution in [2.24, 2.45) is 5.10 Å². The van der Waals surface area contributed by atoms with Gasteiger partial charge in [0.1, 0.15) is 11.5 Å². The molecule has 0 atom stereocenters. The first kappa shape index (κ1) is 19.7. The van der Waals surface area contributed by atoms with Crippen LogP contribution in [0.5, 0.6) is 11.5 Å². The van der Waals surface area contributed by atoms with Crippen LogP contribution in [0.25, 0.3) is 0 Å². The molecule has 0 spiro atoms. The highest BCUT2D eigenvalue weighted by Crippen LogP contribution is 2.27. The number of halogens is 2. The second-order valence-electron chi connectivity index (χ2n) is 5.56. The number of hydrogen-bond donors (Lipinski definition) is 2. The van der Waals surface area contributed by atoms with Crippen LogP contribution in [0, 0.1) is 24.3 Å². The SMILES string of the molecule is Cc1ccc(C)c(OCC(=O)N/N=C/c2cc(Br)cc(I)c2O)c1C. The van der Waals surface area contributed by atoms with E-state index in [2.05, 4.69) is 26.5 Å². The van der Waals surface area contributed by atoms with Gasteiger partial charge >= 0.3 is 0 Å². The van der Waals surface area contributed by atoms with Gasteiger partial charge in [-0.25, -0.2) is 5.43 Å². The highest BCUT2D eigenvalue weighted by atomic mass is 127. The van der Waals surface area contributed by atoms with Crippen LogP contribution in [0.3, 0.4) is 0 Å². The number of carbonyl (C=O) groups excluding carboxylic acids is 1. The molecule has 0 bridgehead atoms. The van der Waals surface area contributed by atoms with Gasteiger partial charge in [0, 0.05) is 10.0 Å². The van der Waals surface area contributed by atoms with Crippen LogP contribution in [0.1, 0.15) is 22.3 Å². The lowest BCUT2D eigenvalue weighted by molar-refractivity contribution is -0.123. The number of phenolic OH excluding ortho intramolecular Hbond substituents is 1. The molecule has 7 heteroatoms. The summed E-state index contributed by atoms with van der Waals surface area (Å²) in [5, 5.41) is 13.8. The van der Waals surface area contributed by atoms with Crippen molar-refractivity contribution in [3.63, 3.8) is 0 Å². The normalized spacial score (nSPS) is 10.9. The minimum Gasteiger partial charge on any atom is -0.506 e. The van der Waals surface area contributed by atoms with Gasteiger partial charge in [0.15, 0.2) is 6.61 Å². The van der Waals surface area contributed by atoms with Gasteiger partial charge in [-0.3, -0.25) is 4.79 Å². The standard InChI is InChI=1S/C18H18BrIN2O3/c1-10-4-5-11(2)18(12(10)3)25-9-16(23)22-21-8-13-6-14(19)7-15(20)17(13)24/h4-8,24H,9H2,1-3H3,(H,22,23)/b21-8+. The average Bonchev–Trinajstić information content (AvgIpc) is 2.55. The Kier molecular flexibility index (Phi) is 6.83. The van der Waals surface area contributed by atoms with Crippen LogP contribution in [0.4, 0.5) is 0 Å². The zero-order valence-electron chi connectivity index (χ0n) is 14.1. The van der Waals surface area contributed by atoms with Crippen molar-refractivity contribution in [2.45, 2.75) is 20.8 Å². The molecule has 0 fully saturated rings. The van der Waals surface area contributed by atoms with E-state index in [-0.39, 0.29) is 18.3 Å². The number of hydrazone groups is 1. The zero-order valence-corrected chi connectivity index (χ0v) is 17.8. The Morgan fingerprint density at radius 1 is 1.32 bits per heavy atom. The van der Waals surface area contributed by atoms with E-state index in [1.807, 2.05) is 55.5 Å². The van der Waals surface area contributed by atoms with Crippen molar-refractivity contribution in [2.75, 3.05) is 6.61 Å². The molecule has 5 nitrogen and oxygen atoms in total. The summed E-state index contributed by atoms with van der Waals surface area (Å²) in [7, 11) is 0. The molecule has 2 aromatic rings. The second-order valence-corrected chi connectivity index (χ2v) is 7.64. The van der Waals surface area contributed by atoms with E-state index in [9.17, 15) is 9.90 Å². The fourth-order valence-corrected chi connectivity index (χ4v) is 3.73.